The Labute approximate surface area is 76.3 Å². The molecule has 68 valence electrons. The zero-order valence-corrected chi connectivity index (χ0v) is 8.11. The van der Waals surface area contributed by atoms with Crippen molar-refractivity contribution in [2.24, 2.45) is 5.92 Å². The lowest BCUT2D eigenvalue weighted by Gasteiger charge is -2.11. The third-order valence-electron chi connectivity index (χ3n) is 1.66. The Morgan fingerprint density at radius 2 is 2.33 bits per heavy atom. The Bertz CT molecular complexity index is 203. The summed E-state index contributed by atoms with van der Waals surface area (Å²) in [5.74, 6) is 0.574. The maximum Gasteiger partial charge on any atom is 0.224 e. The number of carbonyl (C=O) groups excluding carboxylic acids is 2. The maximum absolute atomic E-state index is 11.3. The zero-order valence-electron chi connectivity index (χ0n) is 7.29. The van der Waals surface area contributed by atoms with Crippen LogP contribution in [0.4, 0.5) is 0 Å². The lowest BCUT2D eigenvalue weighted by atomic mass is 10.1. The molecule has 1 aliphatic heterocycles. The summed E-state index contributed by atoms with van der Waals surface area (Å²) in [6, 6.07) is 0.165. The first-order valence-electron chi connectivity index (χ1n) is 4.05. The topological polar surface area (TPSA) is 46.2 Å². The van der Waals surface area contributed by atoms with E-state index < -0.39 is 0 Å². The minimum absolute atomic E-state index is 0.0170. The second-order valence-corrected chi connectivity index (χ2v) is 4.32. The minimum Gasteiger partial charge on any atom is -0.354 e. The second kappa shape index (κ2) is 3.94. The summed E-state index contributed by atoms with van der Waals surface area (Å²) < 4.78 is 0. The number of nitrogens with one attached hydrogen (secondary N) is 1. The van der Waals surface area contributed by atoms with Crippen molar-refractivity contribution in [2.75, 3.05) is 5.75 Å². The summed E-state index contributed by atoms with van der Waals surface area (Å²) >= 11 is 1.26. The predicted molar refractivity (Wildman–Crippen MR) is 48.9 cm³/mol. The fourth-order valence-electron chi connectivity index (χ4n) is 1.08. The van der Waals surface area contributed by atoms with Crippen molar-refractivity contribution in [1.82, 2.24) is 5.32 Å². The second-order valence-electron chi connectivity index (χ2n) is 3.25. The van der Waals surface area contributed by atoms with Gasteiger partial charge in [-0.05, 0) is 13.8 Å². The number of amides is 1. The molecule has 1 fully saturated rings. The highest BCUT2D eigenvalue weighted by atomic mass is 32.2. The summed E-state index contributed by atoms with van der Waals surface area (Å²) in [5.41, 5.74) is 0. The molecule has 3 nitrogen and oxygen atoms in total. The third kappa shape index (κ3) is 2.52. The molecule has 0 spiro atoms. The van der Waals surface area contributed by atoms with Crippen LogP contribution in [-0.4, -0.2) is 22.8 Å². The van der Waals surface area contributed by atoms with E-state index in [4.69, 9.17) is 0 Å². The fourth-order valence-corrected chi connectivity index (χ4v) is 2.06. The average Bonchev–Trinajstić information content (AvgIpc) is 2.34. The number of hydrogen-bond donors (Lipinski definition) is 1. The fraction of sp³-hybridized carbons (Fsp3) is 0.750. The summed E-state index contributed by atoms with van der Waals surface area (Å²) in [4.78, 5) is 22.2. The molecule has 1 N–H and O–H groups in total. The van der Waals surface area contributed by atoms with Crippen LogP contribution in [0.15, 0.2) is 0 Å². The highest BCUT2D eigenvalue weighted by Gasteiger charge is 2.28. The van der Waals surface area contributed by atoms with Gasteiger partial charge in [0, 0.05) is 18.2 Å². The highest BCUT2D eigenvalue weighted by Crippen LogP contribution is 2.25. The SMILES string of the molecule is CC(C)NC(=O)C1CSC(=O)C1. The molecule has 1 saturated heterocycles. The van der Waals surface area contributed by atoms with Gasteiger partial charge in [0.1, 0.15) is 0 Å². The Kier molecular flexibility index (Phi) is 3.14. The normalized spacial score (nSPS) is 23.2. The van der Waals surface area contributed by atoms with Gasteiger partial charge in [0.05, 0.1) is 5.92 Å². The largest absolute Gasteiger partial charge is 0.354 e. The van der Waals surface area contributed by atoms with Crippen molar-refractivity contribution in [1.29, 1.82) is 0 Å². The van der Waals surface area contributed by atoms with Gasteiger partial charge in [0.15, 0.2) is 5.12 Å². The molecule has 0 bridgehead atoms. The first-order chi connectivity index (χ1) is 5.59. The predicted octanol–water partition coefficient (Wildman–Crippen LogP) is 0.791. The van der Waals surface area contributed by atoms with Gasteiger partial charge >= 0.3 is 0 Å². The standard InChI is InChI=1S/C8H13NO2S/c1-5(2)9-8(11)6-3-7(10)12-4-6/h5-6H,3-4H2,1-2H3,(H,9,11). The van der Waals surface area contributed by atoms with Crippen molar-refractivity contribution in [3.05, 3.63) is 0 Å². The molecule has 4 heteroatoms. The van der Waals surface area contributed by atoms with E-state index in [0.29, 0.717) is 12.2 Å². The summed E-state index contributed by atoms with van der Waals surface area (Å²) in [5, 5.41) is 2.94. The molecule has 1 heterocycles. The van der Waals surface area contributed by atoms with Gasteiger partial charge in [-0.15, -0.1) is 0 Å². The maximum atomic E-state index is 11.3. The van der Waals surface area contributed by atoms with Crippen LogP contribution >= 0.6 is 11.8 Å². The molecule has 12 heavy (non-hydrogen) atoms. The Hall–Kier alpha value is -0.510. The van der Waals surface area contributed by atoms with Gasteiger partial charge in [0.2, 0.25) is 5.91 Å². The van der Waals surface area contributed by atoms with Crippen LogP contribution in [0.1, 0.15) is 20.3 Å². The van der Waals surface area contributed by atoms with Crippen LogP contribution in [0.3, 0.4) is 0 Å². The van der Waals surface area contributed by atoms with Crippen LogP contribution in [0.25, 0.3) is 0 Å². The summed E-state index contributed by atoms with van der Waals surface area (Å²) in [6.45, 7) is 3.84. The molecule has 0 aromatic carbocycles. The average molecular weight is 187 g/mol. The van der Waals surface area contributed by atoms with Crippen LogP contribution in [0.2, 0.25) is 0 Å². The van der Waals surface area contributed by atoms with Crippen molar-refractivity contribution >= 4 is 22.8 Å². The van der Waals surface area contributed by atoms with Gasteiger partial charge in [-0.2, -0.15) is 0 Å². The van der Waals surface area contributed by atoms with Crippen molar-refractivity contribution in [3.8, 4) is 0 Å². The van der Waals surface area contributed by atoms with Crippen LogP contribution in [-0.2, 0) is 9.59 Å². The smallest absolute Gasteiger partial charge is 0.224 e. The van der Waals surface area contributed by atoms with E-state index in [-0.39, 0.29) is 23.0 Å². The lowest BCUT2D eigenvalue weighted by molar-refractivity contribution is -0.126. The van der Waals surface area contributed by atoms with Crippen molar-refractivity contribution < 1.29 is 9.59 Å². The van der Waals surface area contributed by atoms with Crippen molar-refractivity contribution in [2.45, 2.75) is 26.3 Å². The minimum atomic E-state index is -0.0927. The van der Waals surface area contributed by atoms with Crippen LogP contribution < -0.4 is 5.32 Å². The molecule has 1 rings (SSSR count). The molecule has 1 amide bonds. The third-order valence-corrected chi connectivity index (χ3v) is 2.72. The van der Waals surface area contributed by atoms with Gasteiger partial charge in [0.25, 0.3) is 0 Å². The highest BCUT2D eigenvalue weighted by molar-refractivity contribution is 8.14. The van der Waals surface area contributed by atoms with Gasteiger partial charge in [-0.3, -0.25) is 9.59 Å². The van der Waals surface area contributed by atoms with E-state index in [1.165, 1.54) is 11.8 Å². The Balaban J connectivity index is 2.38. The Morgan fingerprint density at radius 1 is 1.67 bits per heavy atom. The van der Waals surface area contributed by atoms with Gasteiger partial charge in [-0.1, -0.05) is 11.8 Å². The van der Waals surface area contributed by atoms with E-state index in [1.807, 2.05) is 13.8 Å². The quantitative estimate of drug-likeness (QED) is 0.695. The first-order valence-corrected chi connectivity index (χ1v) is 5.04. The molecule has 0 radical (unpaired) electrons. The van der Waals surface area contributed by atoms with Gasteiger partial charge in [-0.25, -0.2) is 0 Å². The van der Waals surface area contributed by atoms with Crippen LogP contribution in [0.5, 0.6) is 0 Å². The molecule has 1 unspecified atom stereocenters. The van der Waals surface area contributed by atoms with E-state index in [2.05, 4.69) is 5.32 Å². The van der Waals surface area contributed by atoms with Gasteiger partial charge < -0.3 is 5.32 Å². The molecule has 0 saturated carbocycles. The van der Waals surface area contributed by atoms with Crippen LogP contribution in [0, 0.1) is 5.92 Å². The molecule has 0 aromatic heterocycles. The number of carbonyl (C=O) groups is 2. The Morgan fingerprint density at radius 3 is 2.75 bits per heavy atom. The number of rotatable bonds is 2. The van der Waals surface area contributed by atoms with E-state index >= 15 is 0 Å². The van der Waals surface area contributed by atoms with Crippen molar-refractivity contribution in [3.63, 3.8) is 0 Å². The number of thioether (sulfide) groups is 1. The molecule has 1 aliphatic rings. The number of hydrogen-bond acceptors (Lipinski definition) is 3. The summed E-state index contributed by atoms with van der Waals surface area (Å²) in [6.07, 6.45) is 0.406. The van der Waals surface area contributed by atoms with E-state index in [9.17, 15) is 9.59 Å². The molecular formula is C8H13NO2S. The van der Waals surface area contributed by atoms with E-state index in [1.54, 1.807) is 0 Å². The molecule has 1 atom stereocenters. The zero-order chi connectivity index (χ0) is 9.14. The molecular weight excluding hydrogens is 174 g/mol. The lowest BCUT2D eigenvalue weighted by Crippen LogP contribution is -2.35. The summed E-state index contributed by atoms with van der Waals surface area (Å²) in [7, 11) is 0. The monoisotopic (exact) mass is 187 g/mol. The first kappa shape index (κ1) is 9.58. The molecule has 0 aromatic rings. The molecule has 0 aliphatic carbocycles. The van der Waals surface area contributed by atoms with E-state index in [0.717, 1.165) is 0 Å².